The Morgan fingerprint density at radius 1 is 1.38 bits per heavy atom. The topological polar surface area (TPSA) is 20.3 Å². The Morgan fingerprint density at radius 3 is 2.92 bits per heavy atom. The number of hydrogen-bond donors (Lipinski definition) is 0. The van der Waals surface area contributed by atoms with E-state index in [1.54, 1.807) is 0 Å². The lowest BCUT2D eigenvalue weighted by Gasteiger charge is -2.23. The molecule has 0 N–H and O–H groups in total. The van der Waals surface area contributed by atoms with Crippen LogP contribution in [0.25, 0.3) is 6.08 Å². The number of fused-ring (bicyclic) bond motifs is 1. The number of benzene rings is 1. The zero-order chi connectivity index (χ0) is 9.26. The van der Waals surface area contributed by atoms with Gasteiger partial charge in [-0.15, -0.1) is 0 Å². The quantitative estimate of drug-likeness (QED) is 0.458. The van der Waals surface area contributed by atoms with E-state index < -0.39 is 5.37 Å². The Labute approximate surface area is 81.4 Å². The number of para-hydroxylation sites is 1. The van der Waals surface area contributed by atoms with E-state index in [0.717, 1.165) is 11.3 Å². The number of amides is 1. The summed E-state index contributed by atoms with van der Waals surface area (Å²) >= 11 is 5.44. The molecule has 3 heteroatoms. The van der Waals surface area contributed by atoms with E-state index in [2.05, 4.69) is 0 Å². The minimum atomic E-state index is -0.434. The Morgan fingerprint density at radius 2 is 2.15 bits per heavy atom. The van der Waals surface area contributed by atoms with Crippen molar-refractivity contribution < 1.29 is 4.79 Å². The molecule has 2 nitrogen and oxygen atoms in total. The van der Waals surface area contributed by atoms with E-state index in [1.807, 2.05) is 36.4 Å². The first-order valence-electron chi connectivity index (χ1n) is 4.01. The van der Waals surface area contributed by atoms with E-state index in [0.29, 0.717) is 6.54 Å². The maximum absolute atomic E-state index is 11.0. The third-order valence-electron chi connectivity index (χ3n) is 2.03. The molecule has 0 fully saturated rings. The van der Waals surface area contributed by atoms with Crippen LogP contribution in [-0.2, 0) is 0 Å². The van der Waals surface area contributed by atoms with Crippen molar-refractivity contribution in [1.29, 1.82) is 0 Å². The third kappa shape index (κ3) is 1.45. The van der Waals surface area contributed by atoms with Gasteiger partial charge in [-0.3, -0.25) is 9.69 Å². The lowest BCUT2D eigenvalue weighted by molar-refractivity contribution is 0.264. The predicted octanol–water partition coefficient (Wildman–Crippen LogP) is 2.88. The van der Waals surface area contributed by atoms with Crippen LogP contribution in [0.5, 0.6) is 0 Å². The molecule has 0 atom stereocenters. The van der Waals surface area contributed by atoms with Gasteiger partial charge in [0.05, 0.1) is 5.69 Å². The van der Waals surface area contributed by atoms with Gasteiger partial charge in [0.2, 0.25) is 0 Å². The van der Waals surface area contributed by atoms with Gasteiger partial charge in [0.15, 0.2) is 0 Å². The van der Waals surface area contributed by atoms with Crippen LogP contribution in [0.2, 0.25) is 0 Å². The van der Waals surface area contributed by atoms with Gasteiger partial charge in [-0.2, -0.15) is 0 Å². The van der Waals surface area contributed by atoms with E-state index in [-0.39, 0.29) is 0 Å². The molecule has 13 heavy (non-hydrogen) atoms. The fraction of sp³-hybridized carbons (Fsp3) is 0.100. The Kier molecular flexibility index (Phi) is 2.07. The van der Waals surface area contributed by atoms with Crippen molar-refractivity contribution in [3.63, 3.8) is 0 Å². The summed E-state index contributed by atoms with van der Waals surface area (Å²) in [5.41, 5.74) is 1.91. The zero-order valence-electron chi connectivity index (χ0n) is 6.90. The molecule has 1 aromatic rings. The summed E-state index contributed by atoms with van der Waals surface area (Å²) in [6, 6.07) is 7.67. The summed E-state index contributed by atoms with van der Waals surface area (Å²) in [6.45, 7) is 0.555. The second kappa shape index (κ2) is 3.23. The minimum Gasteiger partial charge on any atom is -0.295 e. The lowest BCUT2D eigenvalue weighted by Crippen LogP contribution is -2.28. The average molecular weight is 194 g/mol. The molecule has 1 heterocycles. The van der Waals surface area contributed by atoms with Crippen molar-refractivity contribution in [2.75, 3.05) is 11.4 Å². The number of anilines is 1. The van der Waals surface area contributed by atoms with Crippen LogP contribution in [0.3, 0.4) is 0 Å². The van der Waals surface area contributed by atoms with E-state index in [9.17, 15) is 4.79 Å². The van der Waals surface area contributed by atoms with Crippen LogP contribution >= 0.6 is 11.6 Å². The molecule has 1 amide bonds. The number of hydrogen-bond acceptors (Lipinski definition) is 1. The molecule has 0 saturated carbocycles. The Hall–Kier alpha value is -1.28. The van der Waals surface area contributed by atoms with Crippen LogP contribution in [0, 0.1) is 0 Å². The minimum absolute atomic E-state index is 0.434. The molecule has 0 unspecified atom stereocenters. The highest BCUT2D eigenvalue weighted by molar-refractivity contribution is 6.66. The predicted molar refractivity (Wildman–Crippen MR) is 54.1 cm³/mol. The summed E-state index contributed by atoms with van der Waals surface area (Å²) < 4.78 is 0. The van der Waals surface area contributed by atoms with Gasteiger partial charge in [-0.1, -0.05) is 30.4 Å². The highest BCUT2D eigenvalue weighted by Crippen LogP contribution is 2.26. The van der Waals surface area contributed by atoms with Crippen LogP contribution < -0.4 is 4.90 Å². The first kappa shape index (κ1) is 8.32. The molecule has 0 saturated heterocycles. The molecule has 1 aromatic carbocycles. The average Bonchev–Trinajstić information content (AvgIpc) is 2.17. The summed E-state index contributed by atoms with van der Waals surface area (Å²) in [7, 11) is 0. The smallest absolute Gasteiger partial charge is 0.295 e. The molecular formula is C10H8ClNO. The maximum atomic E-state index is 11.0. The van der Waals surface area contributed by atoms with Gasteiger partial charge in [0.1, 0.15) is 0 Å². The fourth-order valence-corrected chi connectivity index (χ4v) is 1.58. The number of halogens is 1. The fourth-order valence-electron chi connectivity index (χ4n) is 1.42. The number of rotatable bonds is 0. The summed E-state index contributed by atoms with van der Waals surface area (Å²) in [5.74, 6) is 0. The molecule has 0 aromatic heterocycles. The van der Waals surface area contributed by atoms with Crippen molar-refractivity contribution in [2.45, 2.75) is 0 Å². The summed E-state index contributed by atoms with van der Waals surface area (Å²) in [6.07, 6.45) is 3.91. The van der Waals surface area contributed by atoms with E-state index in [1.165, 1.54) is 4.90 Å². The van der Waals surface area contributed by atoms with Crippen LogP contribution in [0.4, 0.5) is 10.5 Å². The van der Waals surface area contributed by atoms with Gasteiger partial charge >= 0.3 is 5.37 Å². The molecule has 2 rings (SSSR count). The van der Waals surface area contributed by atoms with Crippen molar-refractivity contribution in [2.24, 2.45) is 0 Å². The van der Waals surface area contributed by atoms with Gasteiger partial charge in [-0.05, 0) is 23.2 Å². The maximum Gasteiger partial charge on any atom is 0.321 e. The normalized spacial score (nSPS) is 14.1. The second-order valence-corrected chi connectivity index (χ2v) is 3.15. The third-order valence-corrected chi connectivity index (χ3v) is 2.23. The highest BCUT2D eigenvalue weighted by atomic mass is 35.5. The van der Waals surface area contributed by atoms with Crippen LogP contribution in [0.1, 0.15) is 5.56 Å². The van der Waals surface area contributed by atoms with Crippen LogP contribution in [-0.4, -0.2) is 11.9 Å². The standard InChI is InChI=1S/C10H8ClNO/c11-10(13)12-7-3-5-8-4-1-2-6-9(8)12/h1-6H,7H2. The lowest BCUT2D eigenvalue weighted by atomic mass is 10.1. The van der Waals surface area contributed by atoms with E-state index in [4.69, 9.17) is 11.6 Å². The molecule has 0 bridgehead atoms. The zero-order valence-corrected chi connectivity index (χ0v) is 7.66. The number of nitrogens with zero attached hydrogens (tertiary/aromatic N) is 1. The van der Waals surface area contributed by atoms with Gasteiger partial charge in [0.25, 0.3) is 0 Å². The SMILES string of the molecule is O=C(Cl)N1CC=Cc2ccccc21. The first-order chi connectivity index (χ1) is 6.29. The molecule has 1 aliphatic heterocycles. The Bertz CT molecular complexity index is 373. The van der Waals surface area contributed by atoms with Crippen molar-refractivity contribution in [1.82, 2.24) is 0 Å². The first-order valence-corrected chi connectivity index (χ1v) is 4.39. The van der Waals surface area contributed by atoms with Crippen LogP contribution in [0.15, 0.2) is 30.3 Å². The summed E-state index contributed by atoms with van der Waals surface area (Å²) in [4.78, 5) is 12.6. The number of carbonyl (C=O) groups is 1. The second-order valence-electron chi connectivity index (χ2n) is 2.82. The van der Waals surface area contributed by atoms with Crippen molar-refractivity contribution in [3.8, 4) is 0 Å². The molecule has 1 aliphatic rings. The molecular weight excluding hydrogens is 186 g/mol. The monoisotopic (exact) mass is 193 g/mol. The van der Waals surface area contributed by atoms with Crippen molar-refractivity contribution in [3.05, 3.63) is 35.9 Å². The van der Waals surface area contributed by atoms with Gasteiger partial charge in [-0.25, -0.2) is 0 Å². The molecule has 0 aliphatic carbocycles. The molecule has 0 radical (unpaired) electrons. The van der Waals surface area contributed by atoms with Gasteiger partial charge < -0.3 is 0 Å². The largest absolute Gasteiger partial charge is 0.321 e. The molecule has 66 valence electrons. The number of carbonyl (C=O) groups excluding carboxylic acids is 1. The van der Waals surface area contributed by atoms with Gasteiger partial charge in [0, 0.05) is 6.54 Å². The molecule has 0 spiro atoms. The summed E-state index contributed by atoms with van der Waals surface area (Å²) in [5, 5.41) is -0.434. The Balaban J connectivity index is 2.49. The van der Waals surface area contributed by atoms with Crippen molar-refractivity contribution >= 4 is 28.7 Å². The highest BCUT2D eigenvalue weighted by Gasteiger charge is 2.16. The van der Waals surface area contributed by atoms with E-state index >= 15 is 0 Å².